The Morgan fingerprint density at radius 2 is 0.486 bits per heavy atom. The Morgan fingerprint density at radius 3 is 0.486 bits per heavy atom. The lowest BCUT2D eigenvalue weighted by Crippen LogP contribution is -2.19. The van der Waals surface area contributed by atoms with E-state index < -0.39 is 47.4 Å². The first-order valence-electron chi connectivity index (χ1n) is 6.13. The highest BCUT2D eigenvalue weighted by molar-refractivity contribution is 7.46. The molecule has 0 saturated carbocycles. The Bertz CT molecular complexity index is 552. The molecule has 0 aliphatic rings. The molecule has 0 aromatic rings. The van der Waals surface area contributed by atoms with Gasteiger partial charge >= 0.3 is 47.4 Å². The van der Waals surface area contributed by atoms with Crippen molar-refractivity contribution in [3.63, 3.8) is 0 Å². The maximum Gasteiger partial charge on any atom is 0.507 e. The molecule has 0 aromatic heterocycles. The fraction of sp³-hybridized carbons (Fsp3) is 1.00. The zero-order valence-electron chi connectivity index (χ0n) is 16.3. The Labute approximate surface area is 190 Å². The highest BCUT2D eigenvalue weighted by atomic mass is 31.2. The minimum Gasteiger partial charge on any atom is -0.379 e. The molecule has 224 valence electrons. The van der Waals surface area contributed by atoms with E-state index in [2.05, 4.69) is 5.32 Å². The van der Waals surface area contributed by atoms with Crippen molar-refractivity contribution >= 4 is 47.4 Å². The molecule has 1 atom stereocenters. The van der Waals surface area contributed by atoms with Crippen LogP contribution >= 0.6 is 47.4 Å². The molecule has 0 spiro atoms. The molecule has 0 heterocycles. The lowest BCUT2D eigenvalue weighted by molar-refractivity contribution is 0.167. The van der Waals surface area contributed by atoms with Gasteiger partial charge < -0.3 is 5.11 Å². The normalized spacial score (nSPS) is 12.3. The number of hydrogen-bond acceptors (Lipinski definition) is 8. The molecule has 0 aliphatic heterocycles. The zero-order valence-corrected chi connectivity index (χ0v) is 21.7. The molecule has 1 unspecified atom stereocenters. The van der Waals surface area contributed by atoms with E-state index in [0.29, 0.717) is 0 Å². The maximum absolute atomic E-state index is 10.4. The summed E-state index contributed by atoms with van der Waals surface area (Å²) >= 11 is 0. The summed E-state index contributed by atoms with van der Waals surface area (Å²) in [6.07, 6.45) is -0.366. The number of rotatable bonds is 1. The lowest BCUT2D eigenvalue weighted by atomic mass is 10.7. The van der Waals surface area contributed by atoms with Gasteiger partial charge in [0.2, 0.25) is 0 Å². The smallest absolute Gasteiger partial charge is 0.379 e. The number of aliphatic hydroxyl groups excluding tert-OH is 1. The first-order chi connectivity index (χ1) is 14.3. The summed E-state index contributed by atoms with van der Waals surface area (Å²) in [6, 6.07) is 0. The maximum atomic E-state index is 10.4. The first kappa shape index (κ1) is 51.9. The van der Waals surface area contributed by atoms with Gasteiger partial charge in [-0.2, -0.15) is 0 Å². The van der Waals surface area contributed by atoms with E-state index in [1.807, 2.05) is 0 Å². The minimum absolute atomic E-state index is 0.366. The fourth-order valence-electron chi connectivity index (χ4n) is 0. The molecule has 0 bridgehead atoms. The van der Waals surface area contributed by atoms with Crippen molar-refractivity contribution in [1.82, 2.24) is 5.32 Å². The van der Waals surface area contributed by atoms with Gasteiger partial charge in [-0.05, 0) is 14.0 Å². The van der Waals surface area contributed by atoms with Crippen LogP contribution in [-0.4, -0.2) is 77.1 Å². The standard InChI is InChI=1S/C3H9NO.6FH2O3P/c1-3(5)4-2;6*1-5(2,3)4/h3-5H,1-2H3;6*(H2,2,3,4). The van der Waals surface area contributed by atoms with Crippen LogP contribution < -0.4 is 5.32 Å². The predicted molar refractivity (Wildman–Crippen MR) is 99.7 cm³/mol. The summed E-state index contributed by atoms with van der Waals surface area (Å²) < 4.78 is 114. The van der Waals surface area contributed by atoms with Crippen molar-refractivity contribution in [2.24, 2.45) is 0 Å². The van der Waals surface area contributed by atoms with Crippen LogP contribution in [0.2, 0.25) is 0 Å². The average molecular weight is 675 g/mol. The van der Waals surface area contributed by atoms with E-state index in [1.165, 1.54) is 0 Å². The molecule has 35 heavy (non-hydrogen) atoms. The highest BCUT2D eigenvalue weighted by Crippen LogP contribution is 2.37. The van der Waals surface area contributed by atoms with Crippen LogP contribution in [0.1, 0.15) is 6.92 Å². The molecule has 32 heteroatoms. The Balaban J connectivity index is -0.0000000523. The number of aliphatic hydroxyl groups is 1. The van der Waals surface area contributed by atoms with Crippen molar-refractivity contribution in [1.29, 1.82) is 0 Å². The average Bonchev–Trinajstić information content (AvgIpc) is 2.25. The van der Waals surface area contributed by atoms with Crippen molar-refractivity contribution in [2.75, 3.05) is 7.05 Å². The Morgan fingerprint density at radius 1 is 0.457 bits per heavy atom. The number of halogens is 6. The van der Waals surface area contributed by atoms with E-state index >= 15 is 0 Å². The van der Waals surface area contributed by atoms with Crippen LogP contribution in [0, 0.1) is 0 Å². The summed E-state index contributed by atoms with van der Waals surface area (Å²) in [7, 11) is -29.1. The minimum atomic E-state index is -5.14. The number of hydrogen-bond donors (Lipinski definition) is 14. The predicted octanol–water partition coefficient (Wildman–Crippen LogP) is -0.164. The SMILES string of the molecule is CNC(C)O.O=P(O)(O)F.O=P(O)(O)F.O=P(O)(O)F.O=P(O)(O)F.O=P(O)(O)F.O=P(O)(O)F. The van der Waals surface area contributed by atoms with Gasteiger partial charge in [0.25, 0.3) is 0 Å². The van der Waals surface area contributed by atoms with Gasteiger partial charge in [-0.15, -0.1) is 25.2 Å². The van der Waals surface area contributed by atoms with Gasteiger partial charge in [0.05, 0.1) is 0 Å². The Hall–Kier alpha value is 0.400. The van der Waals surface area contributed by atoms with Gasteiger partial charge in [0, 0.05) is 0 Å². The topological polar surface area (TPSA) is 377 Å². The summed E-state index contributed by atoms with van der Waals surface area (Å²) in [5.74, 6) is 0. The lowest BCUT2D eigenvalue weighted by Gasteiger charge is -1.94. The van der Waals surface area contributed by atoms with Crippen molar-refractivity contribution in [3.8, 4) is 0 Å². The second kappa shape index (κ2) is 23.5. The number of nitrogens with one attached hydrogen (secondary N) is 1. The van der Waals surface area contributed by atoms with Crippen LogP contribution in [0.25, 0.3) is 0 Å². The molecule has 0 saturated heterocycles. The van der Waals surface area contributed by atoms with Crippen LogP contribution in [0.15, 0.2) is 0 Å². The molecule has 0 fully saturated rings. The van der Waals surface area contributed by atoms with Crippen LogP contribution in [-0.2, 0) is 27.4 Å². The zero-order chi connectivity index (χ0) is 31.3. The van der Waals surface area contributed by atoms with Crippen molar-refractivity contribution < 1.29 is 116 Å². The van der Waals surface area contributed by atoms with Gasteiger partial charge in [-0.3, -0.25) is 64.0 Å². The largest absolute Gasteiger partial charge is 0.507 e. The van der Waals surface area contributed by atoms with E-state index in [1.54, 1.807) is 14.0 Å². The molecule has 20 nitrogen and oxygen atoms in total. The summed E-state index contributed by atoms with van der Waals surface area (Å²) in [5, 5.41) is 10.8. The molecule has 0 amide bonds. The van der Waals surface area contributed by atoms with E-state index in [4.69, 9.17) is 91.2 Å². The van der Waals surface area contributed by atoms with E-state index in [0.717, 1.165) is 0 Å². The highest BCUT2D eigenvalue weighted by Gasteiger charge is 2.06. The summed E-state index contributed by atoms with van der Waals surface area (Å²) in [4.78, 5) is 83.6. The Kier molecular flexibility index (Phi) is 34.9. The molecular weight excluding hydrogens is 654 g/mol. The second-order valence-electron chi connectivity index (χ2n) is 3.80. The summed E-state index contributed by atoms with van der Waals surface area (Å²) in [5.41, 5.74) is 0. The third-order valence-corrected chi connectivity index (χ3v) is 0.418. The third-order valence-electron chi connectivity index (χ3n) is 0.418. The molecule has 14 N–H and O–H groups in total. The molecule has 0 aromatic carbocycles. The van der Waals surface area contributed by atoms with Gasteiger partial charge in [-0.1, -0.05) is 0 Å². The molecule has 0 aliphatic carbocycles. The van der Waals surface area contributed by atoms with Crippen LogP contribution in [0.4, 0.5) is 25.2 Å². The van der Waals surface area contributed by atoms with Crippen LogP contribution in [0.3, 0.4) is 0 Å². The van der Waals surface area contributed by atoms with Crippen LogP contribution in [0.5, 0.6) is 0 Å². The molecule has 0 radical (unpaired) electrons. The van der Waals surface area contributed by atoms with Gasteiger partial charge in [-0.25, -0.2) is 27.4 Å². The fourth-order valence-corrected chi connectivity index (χ4v) is 0. The molecule has 0 rings (SSSR count). The summed E-state index contributed by atoms with van der Waals surface area (Å²) in [6.45, 7) is 1.67. The first-order valence-corrected chi connectivity index (χ1v) is 15.2. The third kappa shape index (κ3) is 6270. The quantitative estimate of drug-likeness (QED) is 0.0974. The van der Waals surface area contributed by atoms with Crippen molar-refractivity contribution in [2.45, 2.75) is 13.2 Å². The monoisotopic (exact) mass is 675 g/mol. The van der Waals surface area contributed by atoms with Crippen molar-refractivity contribution in [3.05, 3.63) is 0 Å². The second-order valence-corrected chi connectivity index (χ2v) is 9.48. The molecular formula is C3H21F6NO19P6. The van der Waals surface area contributed by atoms with E-state index in [9.17, 15) is 25.2 Å². The van der Waals surface area contributed by atoms with Gasteiger partial charge in [0.15, 0.2) is 0 Å². The van der Waals surface area contributed by atoms with E-state index in [-0.39, 0.29) is 6.23 Å². The van der Waals surface area contributed by atoms with Gasteiger partial charge in [0.1, 0.15) is 6.23 Å².